The van der Waals surface area contributed by atoms with Crippen LogP contribution in [-0.4, -0.2) is 17.5 Å². The maximum absolute atomic E-state index is 10.8. The Balaban J connectivity index is 3.27. The number of nitro benzene ring substituents is 1. The molecule has 0 heterocycles. The first-order valence-electron chi connectivity index (χ1n) is 6.84. The highest BCUT2D eigenvalue weighted by atomic mass is 16.6. The van der Waals surface area contributed by atoms with Crippen molar-refractivity contribution in [1.82, 2.24) is 5.32 Å². The minimum absolute atomic E-state index is 0.0380. The molecule has 1 N–H and O–H groups in total. The van der Waals surface area contributed by atoms with Gasteiger partial charge in [-0.1, -0.05) is 26.8 Å². The van der Waals surface area contributed by atoms with Crippen LogP contribution in [0, 0.1) is 27.4 Å². The van der Waals surface area contributed by atoms with E-state index < -0.39 is 4.92 Å². The first kappa shape index (κ1) is 16.1. The Labute approximate surface area is 119 Å². The van der Waals surface area contributed by atoms with E-state index in [0.29, 0.717) is 11.5 Å². The molecule has 108 valence electrons. The first-order chi connectivity index (χ1) is 9.42. The highest BCUT2D eigenvalue weighted by molar-refractivity contribution is 5.48. The van der Waals surface area contributed by atoms with Crippen LogP contribution in [0.25, 0.3) is 0 Å². The summed E-state index contributed by atoms with van der Waals surface area (Å²) < 4.78 is 0. The van der Waals surface area contributed by atoms with Crippen molar-refractivity contribution in [3.05, 3.63) is 39.4 Å². The van der Waals surface area contributed by atoms with Crippen LogP contribution in [0.5, 0.6) is 0 Å². The molecule has 1 aromatic rings. The fraction of sp³-hybridized carbons (Fsp3) is 0.533. The lowest BCUT2D eigenvalue weighted by Crippen LogP contribution is -2.34. The predicted molar refractivity (Wildman–Crippen MR) is 78.5 cm³/mol. The van der Waals surface area contributed by atoms with Crippen molar-refractivity contribution in [2.24, 2.45) is 5.92 Å². The number of benzene rings is 1. The highest BCUT2D eigenvalue weighted by Crippen LogP contribution is 2.32. The molecule has 0 fully saturated rings. The normalized spacial score (nSPS) is 13.8. The van der Waals surface area contributed by atoms with Gasteiger partial charge in [-0.05, 0) is 24.9 Å². The van der Waals surface area contributed by atoms with Crippen LogP contribution in [0.2, 0.25) is 0 Å². The lowest BCUT2D eigenvalue weighted by atomic mass is 9.81. The van der Waals surface area contributed by atoms with E-state index in [1.807, 2.05) is 6.92 Å². The van der Waals surface area contributed by atoms with Gasteiger partial charge in [0.05, 0.1) is 16.6 Å². The number of nitro groups is 1. The van der Waals surface area contributed by atoms with Crippen molar-refractivity contribution >= 4 is 5.69 Å². The van der Waals surface area contributed by atoms with Gasteiger partial charge in [-0.2, -0.15) is 5.26 Å². The summed E-state index contributed by atoms with van der Waals surface area (Å²) in [5.74, 6) is 0.475. The Kier molecular flexibility index (Phi) is 5.66. The van der Waals surface area contributed by atoms with E-state index >= 15 is 0 Å². The van der Waals surface area contributed by atoms with Gasteiger partial charge >= 0.3 is 0 Å². The second kappa shape index (κ2) is 7.01. The van der Waals surface area contributed by atoms with Gasteiger partial charge in [0, 0.05) is 24.1 Å². The molecular formula is C15H21N3O2. The van der Waals surface area contributed by atoms with Gasteiger partial charge in [0.1, 0.15) is 0 Å². The first-order valence-corrected chi connectivity index (χ1v) is 6.84. The number of hydrogen-bond donors (Lipinski definition) is 1. The van der Waals surface area contributed by atoms with Gasteiger partial charge in [0.2, 0.25) is 0 Å². The van der Waals surface area contributed by atoms with Crippen LogP contribution in [0.1, 0.15) is 44.7 Å². The van der Waals surface area contributed by atoms with Crippen molar-refractivity contribution in [1.29, 1.82) is 5.26 Å². The van der Waals surface area contributed by atoms with Crippen LogP contribution in [0.15, 0.2) is 18.2 Å². The van der Waals surface area contributed by atoms with E-state index in [9.17, 15) is 15.4 Å². The quantitative estimate of drug-likeness (QED) is 0.638. The molecule has 0 aromatic heterocycles. The maximum atomic E-state index is 10.8. The monoisotopic (exact) mass is 275 g/mol. The van der Waals surface area contributed by atoms with Crippen LogP contribution in [0.4, 0.5) is 5.69 Å². The van der Waals surface area contributed by atoms with E-state index in [1.165, 1.54) is 12.1 Å². The van der Waals surface area contributed by atoms with E-state index in [4.69, 9.17) is 0 Å². The van der Waals surface area contributed by atoms with E-state index in [2.05, 4.69) is 32.2 Å². The standard InChI is InChI=1S/C15H21N3O2/c1-5-17-11(4)15(10(2)3)14-7-6-13(18(19)20)8-12(14)9-16/h6-8,10-11,15,17H,5H2,1-4H3. The van der Waals surface area contributed by atoms with Gasteiger partial charge in [0.25, 0.3) is 5.69 Å². The largest absolute Gasteiger partial charge is 0.314 e. The molecule has 0 spiro atoms. The molecule has 0 aliphatic carbocycles. The molecule has 0 aliphatic rings. The van der Waals surface area contributed by atoms with Crippen molar-refractivity contribution in [2.45, 2.75) is 39.7 Å². The third-order valence-electron chi connectivity index (χ3n) is 3.51. The number of nitrogens with zero attached hydrogens (tertiary/aromatic N) is 2. The summed E-state index contributed by atoms with van der Waals surface area (Å²) in [6.45, 7) is 9.16. The topological polar surface area (TPSA) is 79.0 Å². The number of nitrogens with one attached hydrogen (secondary N) is 1. The zero-order valence-electron chi connectivity index (χ0n) is 12.4. The Morgan fingerprint density at radius 1 is 1.40 bits per heavy atom. The van der Waals surface area contributed by atoms with E-state index in [1.54, 1.807) is 6.07 Å². The molecule has 0 amide bonds. The predicted octanol–water partition coefficient (Wildman–Crippen LogP) is 3.20. The number of likely N-dealkylation sites (N-methyl/N-ethyl adjacent to an activating group) is 1. The van der Waals surface area contributed by atoms with Gasteiger partial charge in [-0.15, -0.1) is 0 Å². The lowest BCUT2D eigenvalue weighted by molar-refractivity contribution is -0.384. The zero-order valence-corrected chi connectivity index (χ0v) is 12.4. The van der Waals surface area contributed by atoms with E-state index in [0.717, 1.165) is 12.1 Å². The molecule has 1 rings (SSSR count). The maximum Gasteiger partial charge on any atom is 0.270 e. The average molecular weight is 275 g/mol. The molecule has 0 saturated carbocycles. The highest BCUT2D eigenvalue weighted by Gasteiger charge is 2.25. The molecule has 2 atom stereocenters. The van der Waals surface area contributed by atoms with Crippen LogP contribution in [0.3, 0.4) is 0 Å². The summed E-state index contributed by atoms with van der Waals surface area (Å²) in [6.07, 6.45) is 0. The summed E-state index contributed by atoms with van der Waals surface area (Å²) >= 11 is 0. The Hall–Kier alpha value is -1.93. The number of rotatable bonds is 6. The van der Waals surface area contributed by atoms with Gasteiger partial charge < -0.3 is 5.32 Å². The third kappa shape index (κ3) is 3.55. The van der Waals surface area contributed by atoms with E-state index in [-0.39, 0.29) is 17.6 Å². The van der Waals surface area contributed by atoms with Gasteiger partial charge in [-0.3, -0.25) is 10.1 Å². The second-order valence-electron chi connectivity index (χ2n) is 5.26. The number of nitriles is 1. The fourth-order valence-electron chi connectivity index (χ4n) is 2.70. The van der Waals surface area contributed by atoms with Crippen molar-refractivity contribution in [3.8, 4) is 6.07 Å². The minimum Gasteiger partial charge on any atom is -0.314 e. The second-order valence-corrected chi connectivity index (χ2v) is 5.26. The number of hydrogen-bond acceptors (Lipinski definition) is 4. The van der Waals surface area contributed by atoms with Gasteiger partial charge in [0.15, 0.2) is 0 Å². The molecule has 5 nitrogen and oxygen atoms in total. The average Bonchev–Trinajstić information content (AvgIpc) is 2.38. The Morgan fingerprint density at radius 2 is 2.05 bits per heavy atom. The van der Waals surface area contributed by atoms with Crippen LogP contribution in [-0.2, 0) is 0 Å². The zero-order chi connectivity index (χ0) is 15.3. The molecule has 20 heavy (non-hydrogen) atoms. The summed E-state index contributed by atoms with van der Waals surface area (Å²) in [5, 5.41) is 23.4. The summed E-state index contributed by atoms with van der Waals surface area (Å²) in [4.78, 5) is 10.3. The van der Waals surface area contributed by atoms with Crippen LogP contribution >= 0.6 is 0 Å². The third-order valence-corrected chi connectivity index (χ3v) is 3.51. The van der Waals surface area contributed by atoms with Crippen molar-refractivity contribution in [3.63, 3.8) is 0 Å². The lowest BCUT2D eigenvalue weighted by Gasteiger charge is -2.29. The molecule has 0 saturated heterocycles. The molecular weight excluding hydrogens is 254 g/mol. The summed E-state index contributed by atoms with van der Waals surface area (Å²) in [7, 11) is 0. The summed E-state index contributed by atoms with van der Waals surface area (Å²) in [5.41, 5.74) is 1.23. The molecule has 1 aromatic carbocycles. The van der Waals surface area contributed by atoms with Crippen molar-refractivity contribution < 1.29 is 4.92 Å². The smallest absolute Gasteiger partial charge is 0.270 e. The van der Waals surface area contributed by atoms with Crippen LogP contribution < -0.4 is 5.32 Å². The summed E-state index contributed by atoms with van der Waals surface area (Å²) in [6, 6.07) is 6.85. The minimum atomic E-state index is -0.470. The van der Waals surface area contributed by atoms with Gasteiger partial charge in [-0.25, -0.2) is 0 Å². The molecule has 0 aliphatic heterocycles. The van der Waals surface area contributed by atoms with Crippen molar-refractivity contribution in [2.75, 3.05) is 6.54 Å². The Morgan fingerprint density at radius 3 is 2.50 bits per heavy atom. The molecule has 5 heteroatoms. The fourth-order valence-corrected chi connectivity index (χ4v) is 2.70. The Bertz CT molecular complexity index is 520. The molecule has 0 radical (unpaired) electrons. The molecule has 2 unspecified atom stereocenters. The number of non-ortho nitro benzene ring substituents is 1. The molecule has 0 bridgehead atoms. The SMILES string of the molecule is CCNC(C)C(c1ccc([N+](=O)[O-])cc1C#N)C(C)C.